The fraction of sp³-hybridized carbons (Fsp3) is 0.444. The van der Waals surface area contributed by atoms with Crippen LogP contribution in [0.15, 0.2) is 36.5 Å². The first-order valence-electron chi connectivity index (χ1n) is 8.53. The number of carbonyl (C=O) groups is 2. The molecule has 1 fully saturated rings. The highest BCUT2D eigenvalue weighted by atomic mass is 16.2. The van der Waals surface area contributed by atoms with Crippen LogP contribution in [-0.4, -0.2) is 38.3 Å². The first kappa shape index (κ1) is 17.1. The zero-order valence-corrected chi connectivity index (χ0v) is 14.6. The van der Waals surface area contributed by atoms with Crippen molar-refractivity contribution in [1.82, 2.24) is 25.2 Å². The van der Waals surface area contributed by atoms with E-state index in [9.17, 15) is 9.59 Å². The van der Waals surface area contributed by atoms with Crippen molar-refractivity contribution in [3.63, 3.8) is 0 Å². The normalized spacial score (nSPS) is 17.3. The van der Waals surface area contributed by atoms with Crippen molar-refractivity contribution < 1.29 is 9.59 Å². The van der Waals surface area contributed by atoms with E-state index in [1.165, 1.54) is 0 Å². The summed E-state index contributed by atoms with van der Waals surface area (Å²) in [4.78, 5) is 26.3. The predicted octanol–water partition coefficient (Wildman–Crippen LogP) is 1.52. The minimum atomic E-state index is -0.309. The van der Waals surface area contributed by atoms with Crippen LogP contribution in [0.25, 0.3) is 0 Å². The average Bonchev–Trinajstić information content (AvgIpc) is 3.21. The molecule has 1 saturated heterocycles. The van der Waals surface area contributed by atoms with Crippen molar-refractivity contribution in [1.29, 1.82) is 0 Å². The number of benzene rings is 1. The van der Waals surface area contributed by atoms with Crippen LogP contribution < -0.4 is 5.32 Å². The lowest BCUT2D eigenvalue weighted by Gasteiger charge is -2.16. The minimum absolute atomic E-state index is 0.0229. The van der Waals surface area contributed by atoms with Gasteiger partial charge < -0.3 is 10.2 Å². The highest BCUT2D eigenvalue weighted by Gasteiger charge is 2.34. The van der Waals surface area contributed by atoms with Gasteiger partial charge in [-0.15, -0.1) is 5.10 Å². The number of hydrogen-bond donors (Lipinski definition) is 1. The van der Waals surface area contributed by atoms with Gasteiger partial charge in [-0.05, 0) is 19.4 Å². The summed E-state index contributed by atoms with van der Waals surface area (Å²) >= 11 is 0. The Morgan fingerprint density at radius 2 is 2.08 bits per heavy atom. The van der Waals surface area contributed by atoms with Gasteiger partial charge in [-0.25, -0.2) is 4.68 Å². The Morgan fingerprint density at radius 1 is 1.32 bits per heavy atom. The van der Waals surface area contributed by atoms with Crippen molar-refractivity contribution in [2.75, 3.05) is 6.54 Å². The maximum atomic E-state index is 12.4. The molecule has 7 nitrogen and oxygen atoms in total. The maximum Gasteiger partial charge on any atom is 0.225 e. The van der Waals surface area contributed by atoms with Crippen molar-refractivity contribution in [3.05, 3.63) is 47.8 Å². The van der Waals surface area contributed by atoms with Crippen LogP contribution in [0.4, 0.5) is 0 Å². The molecular formula is C18H23N5O2. The van der Waals surface area contributed by atoms with Gasteiger partial charge in [-0.3, -0.25) is 9.59 Å². The van der Waals surface area contributed by atoms with Crippen LogP contribution in [0.1, 0.15) is 37.6 Å². The fourth-order valence-corrected chi connectivity index (χ4v) is 2.87. The number of aromatic nitrogens is 3. The zero-order chi connectivity index (χ0) is 17.8. The summed E-state index contributed by atoms with van der Waals surface area (Å²) < 4.78 is 1.75. The number of nitrogens with zero attached hydrogens (tertiary/aromatic N) is 4. The van der Waals surface area contributed by atoms with E-state index in [1.54, 1.807) is 9.58 Å². The summed E-state index contributed by atoms with van der Waals surface area (Å²) in [5.74, 6) is -0.394. The van der Waals surface area contributed by atoms with E-state index in [2.05, 4.69) is 15.6 Å². The molecule has 1 atom stereocenters. The molecule has 7 heteroatoms. The number of hydrogen-bond acceptors (Lipinski definition) is 4. The highest BCUT2D eigenvalue weighted by Crippen LogP contribution is 2.20. The molecule has 0 spiro atoms. The van der Waals surface area contributed by atoms with Crippen LogP contribution >= 0.6 is 0 Å². The van der Waals surface area contributed by atoms with E-state index in [0.29, 0.717) is 25.3 Å². The van der Waals surface area contributed by atoms with E-state index in [1.807, 2.05) is 50.4 Å². The van der Waals surface area contributed by atoms with E-state index in [-0.39, 0.29) is 30.2 Å². The summed E-state index contributed by atoms with van der Waals surface area (Å²) in [7, 11) is 0. The Labute approximate surface area is 147 Å². The standard InChI is InChI=1S/C18H23N5O2/c1-13(2)23-12-16(20-21-23)9-19-18(25)15-8-17(24)22(11-15)10-14-6-4-3-5-7-14/h3-7,12-13,15H,8-11H2,1-2H3,(H,19,25). The van der Waals surface area contributed by atoms with Gasteiger partial charge in [0.15, 0.2) is 0 Å². The Kier molecular flexibility index (Phi) is 5.11. The molecular weight excluding hydrogens is 318 g/mol. The molecule has 1 aliphatic rings. The van der Waals surface area contributed by atoms with E-state index < -0.39 is 0 Å². The van der Waals surface area contributed by atoms with E-state index in [0.717, 1.165) is 5.56 Å². The van der Waals surface area contributed by atoms with Crippen LogP contribution in [0.5, 0.6) is 0 Å². The molecule has 1 unspecified atom stereocenters. The number of likely N-dealkylation sites (tertiary alicyclic amines) is 1. The third-order valence-electron chi connectivity index (χ3n) is 4.33. The molecule has 0 aliphatic carbocycles. The van der Waals surface area contributed by atoms with Gasteiger partial charge in [0.2, 0.25) is 11.8 Å². The van der Waals surface area contributed by atoms with Gasteiger partial charge in [-0.2, -0.15) is 0 Å². The smallest absolute Gasteiger partial charge is 0.225 e. The number of nitrogens with one attached hydrogen (secondary N) is 1. The van der Waals surface area contributed by atoms with Gasteiger partial charge in [0.05, 0.1) is 18.7 Å². The number of carbonyl (C=O) groups excluding carboxylic acids is 2. The molecule has 25 heavy (non-hydrogen) atoms. The van der Waals surface area contributed by atoms with Crippen LogP contribution in [-0.2, 0) is 22.7 Å². The Morgan fingerprint density at radius 3 is 2.76 bits per heavy atom. The molecule has 0 bridgehead atoms. The van der Waals surface area contributed by atoms with Gasteiger partial charge in [-0.1, -0.05) is 35.5 Å². The van der Waals surface area contributed by atoms with Gasteiger partial charge in [0.1, 0.15) is 5.69 Å². The molecule has 2 heterocycles. The summed E-state index contributed by atoms with van der Waals surface area (Å²) in [6.45, 7) is 5.37. The van der Waals surface area contributed by atoms with Crippen molar-refractivity contribution in [3.8, 4) is 0 Å². The second-order valence-corrected chi connectivity index (χ2v) is 6.66. The van der Waals surface area contributed by atoms with Crippen LogP contribution in [0, 0.1) is 5.92 Å². The Bertz CT molecular complexity index is 741. The van der Waals surface area contributed by atoms with Crippen molar-refractivity contribution in [2.45, 2.75) is 39.4 Å². The molecule has 0 saturated carbocycles. The molecule has 1 aromatic carbocycles. The second-order valence-electron chi connectivity index (χ2n) is 6.66. The van der Waals surface area contributed by atoms with E-state index in [4.69, 9.17) is 0 Å². The SMILES string of the molecule is CC(C)n1cc(CNC(=O)C2CC(=O)N(Cc3ccccc3)C2)nn1. The van der Waals surface area contributed by atoms with Gasteiger partial charge in [0, 0.05) is 25.6 Å². The third kappa shape index (κ3) is 4.23. The highest BCUT2D eigenvalue weighted by molar-refractivity contribution is 5.89. The molecule has 1 aromatic heterocycles. The average molecular weight is 341 g/mol. The van der Waals surface area contributed by atoms with E-state index >= 15 is 0 Å². The van der Waals surface area contributed by atoms with Gasteiger partial charge in [0.25, 0.3) is 0 Å². The predicted molar refractivity (Wildman–Crippen MR) is 92.2 cm³/mol. The molecule has 3 rings (SSSR count). The van der Waals surface area contributed by atoms with Crippen LogP contribution in [0.2, 0.25) is 0 Å². The molecule has 0 radical (unpaired) electrons. The summed E-state index contributed by atoms with van der Waals surface area (Å²) in [6.07, 6.45) is 2.09. The van der Waals surface area contributed by atoms with Gasteiger partial charge >= 0.3 is 0 Å². The fourth-order valence-electron chi connectivity index (χ4n) is 2.87. The zero-order valence-electron chi connectivity index (χ0n) is 14.6. The topological polar surface area (TPSA) is 80.1 Å². The molecule has 2 amide bonds. The third-order valence-corrected chi connectivity index (χ3v) is 4.33. The lowest BCUT2D eigenvalue weighted by molar-refractivity contribution is -0.129. The lowest BCUT2D eigenvalue weighted by atomic mass is 10.1. The second kappa shape index (κ2) is 7.46. The Hall–Kier alpha value is -2.70. The largest absolute Gasteiger partial charge is 0.350 e. The first-order chi connectivity index (χ1) is 12.0. The summed E-state index contributed by atoms with van der Waals surface area (Å²) in [5.41, 5.74) is 1.79. The summed E-state index contributed by atoms with van der Waals surface area (Å²) in [6, 6.07) is 10.0. The Balaban J connectivity index is 1.51. The lowest BCUT2D eigenvalue weighted by Crippen LogP contribution is -2.32. The molecule has 1 N–H and O–H groups in total. The molecule has 1 aliphatic heterocycles. The minimum Gasteiger partial charge on any atom is -0.350 e. The maximum absolute atomic E-state index is 12.4. The number of amides is 2. The number of rotatable bonds is 6. The molecule has 2 aromatic rings. The van der Waals surface area contributed by atoms with Crippen molar-refractivity contribution >= 4 is 11.8 Å². The summed E-state index contributed by atoms with van der Waals surface area (Å²) in [5, 5.41) is 10.9. The van der Waals surface area contributed by atoms with Crippen molar-refractivity contribution in [2.24, 2.45) is 5.92 Å². The van der Waals surface area contributed by atoms with Crippen LogP contribution in [0.3, 0.4) is 0 Å². The first-order valence-corrected chi connectivity index (χ1v) is 8.53. The monoisotopic (exact) mass is 341 g/mol. The molecule has 132 valence electrons. The quantitative estimate of drug-likeness (QED) is 0.864.